The number of thiazole rings is 1. The van der Waals surface area contributed by atoms with E-state index in [1.807, 2.05) is 0 Å². The van der Waals surface area contributed by atoms with Crippen LogP contribution in [0.3, 0.4) is 0 Å². The van der Waals surface area contributed by atoms with E-state index >= 15 is 0 Å². The Labute approximate surface area is 144 Å². The highest BCUT2D eigenvalue weighted by atomic mass is 32.2. The second-order valence-corrected chi connectivity index (χ2v) is 8.25. The van der Waals surface area contributed by atoms with Gasteiger partial charge in [0.15, 0.2) is 0 Å². The molecule has 0 spiro atoms. The van der Waals surface area contributed by atoms with E-state index < -0.39 is 15.9 Å². The molecule has 1 aliphatic rings. The van der Waals surface area contributed by atoms with Crippen LogP contribution in [-0.4, -0.2) is 37.8 Å². The molecular weight excluding hydrogens is 352 g/mol. The number of rotatable bonds is 6. The van der Waals surface area contributed by atoms with Gasteiger partial charge in [-0.2, -0.15) is 0 Å². The molecule has 2 aromatic rings. The number of carbonyl (C=O) groups excluding carboxylic acids is 1. The summed E-state index contributed by atoms with van der Waals surface area (Å²) in [5.41, 5.74) is 1.35. The minimum Gasteiger partial charge on any atom is -0.472 e. The monoisotopic (exact) mass is 370 g/mol. The predicted octanol–water partition coefficient (Wildman–Crippen LogP) is 1.96. The van der Waals surface area contributed by atoms with Crippen molar-refractivity contribution in [2.24, 2.45) is 0 Å². The Bertz CT molecular complexity index is 777. The van der Waals surface area contributed by atoms with Crippen molar-refractivity contribution in [2.45, 2.75) is 31.8 Å². The zero-order valence-electron chi connectivity index (χ0n) is 12.9. The number of nitrogens with one attached hydrogen (secondary N) is 1. The second-order valence-electron chi connectivity index (χ2n) is 5.63. The topological polar surface area (TPSA) is 98.5 Å². The average molecular weight is 370 g/mol. The van der Waals surface area contributed by atoms with Gasteiger partial charge >= 0.3 is 0 Å². The van der Waals surface area contributed by atoms with Crippen molar-refractivity contribution in [3.8, 4) is 10.6 Å². The van der Waals surface area contributed by atoms with Crippen molar-refractivity contribution < 1.29 is 22.4 Å². The first-order valence-corrected chi connectivity index (χ1v) is 10.2. The van der Waals surface area contributed by atoms with E-state index in [4.69, 9.17) is 9.15 Å². The number of nitrogens with zero attached hydrogens (tertiary/aromatic N) is 1. The fourth-order valence-electron chi connectivity index (χ4n) is 2.51. The highest BCUT2D eigenvalue weighted by Gasteiger charge is 2.24. The number of furan rings is 1. The maximum absolute atomic E-state index is 12.0. The minimum atomic E-state index is -3.70. The molecule has 0 aromatic carbocycles. The van der Waals surface area contributed by atoms with Gasteiger partial charge in [0.25, 0.3) is 0 Å². The number of hydrogen-bond donors (Lipinski definition) is 1. The molecule has 0 aliphatic carbocycles. The molecule has 2 aromatic heterocycles. The maximum atomic E-state index is 12.0. The molecule has 0 unspecified atom stereocenters. The number of carbonyl (C=O) groups is 1. The first kappa shape index (κ1) is 17.1. The van der Waals surface area contributed by atoms with Gasteiger partial charge in [0.1, 0.15) is 11.3 Å². The van der Waals surface area contributed by atoms with E-state index in [1.54, 1.807) is 24.0 Å². The van der Waals surface area contributed by atoms with Gasteiger partial charge in [-0.15, -0.1) is 11.3 Å². The minimum absolute atomic E-state index is 0.0842. The lowest BCUT2D eigenvalue weighted by Gasteiger charge is -2.22. The fraction of sp³-hybridized carbons (Fsp3) is 0.467. The first-order valence-electron chi connectivity index (χ1n) is 7.64. The summed E-state index contributed by atoms with van der Waals surface area (Å²) in [6.07, 6.45) is 5.29. The first-order chi connectivity index (χ1) is 11.5. The SMILES string of the molecule is O=C(Cc1csc(-c2ccoc2)n1)NS(=O)(=O)C[C@H]1CCCCO1. The number of amides is 1. The van der Waals surface area contributed by atoms with Crippen molar-refractivity contribution >= 4 is 27.3 Å². The lowest BCUT2D eigenvalue weighted by molar-refractivity contribution is -0.118. The van der Waals surface area contributed by atoms with E-state index in [1.165, 1.54) is 11.3 Å². The van der Waals surface area contributed by atoms with Crippen molar-refractivity contribution in [3.63, 3.8) is 0 Å². The van der Waals surface area contributed by atoms with Gasteiger partial charge in [-0.05, 0) is 25.3 Å². The van der Waals surface area contributed by atoms with E-state index in [0.29, 0.717) is 18.7 Å². The second kappa shape index (κ2) is 7.45. The molecule has 130 valence electrons. The Kier molecular flexibility index (Phi) is 5.32. The van der Waals surface area contributed by atoms with Crippen molar-refractivity contribution in [2.75, 3.05) is 12.4 Å². The van der Waals surface area contributed by atoms with Gasteiger partial charge in [-0.25, -0.2) is 13.4 Å². The summed E-state index contributed by atoms with van der Waals surface area (Å²) in [6, 6.07) is 1.78. The van der Waals surface area contributed by atoms with Crippen molar-refractivity contribution in [3.05, 3.63) is 29.7 Å². The van der Waals surface area contributed by atoms with Gasteiger partial charge < -0.3 is 9.15 Å². The van der Waals surface area contributed by atoms with Crippen LogP contribution >= 0.6 is 11.3 Å². The number of ether oxygens (including phenoxy) is 1. The highest BCUT2D eigenvalue weighted by Crippen LogP contribution is 2.24. The van der Waals surface area contributed by atoms with Gasteiger partial charge in [0, 0.05) is 17.6 Å². The van der Waals surface area contributed by atoms with Crippen LogP contribution in [0.15, 0.2) is 28.4 Å². The third-order valence-electron chi connectivity index (χ3n) is 3.61. The van der Waals surface area contributed by atoms with E-state index in [-0.39, 0.29) is 18.3 Å². The summed E-state index contributed by atoms with van der Waals surface area (Å²) < 4.78 is 36.6. The lowest BCUT2D eigenvalue weighted by atomic mass is 10.1. The molecule has 1 N–H and O–H groups in total. The zero-order chi connectivity index (χ0) is 17.0. The molecule has 0 saturated carbocycles. The molecule has 7 nitrogen and oxygen atoms in total. The largest absolute Gasteiger partial charge is 0.472 e. The molecule has 1 saturated heterocycles. The molecule has 9 heteroatoms. The van der Waals surface area contributed by atoms with Gasteiger partial charge in [0.2, 0.25) is 15.9 Å². The molecular formula is C15H18N2O5S2. The quantitative estimate of drug-likeness (QED) is 0.835. The Morgan fingerprint density at radius 3 is 3.00 bits per heavy atom. The van der Waals surface area contributed by atoms with Crippen LogP contribution in [0, 0.1) is 0 Å². The summed E-state index contributed by atoms with van der Waals surface area (Å²) in [5, 5.41) is 2.46. The molecule has 1 aliphatic heterocycles. The maximum Gasteiger partial charge on any atom is 0.239 e. The Morgan fingerprint density at radius 2 is 2.29 bits per heavy atom. The summed E-state index contributed by atoms with van der Waals surface area (Å²) >= 11 is 1.38. The summed E-state index contributed by atoms with van der Waals surface area (Å²) in [6.45, 7) is 0.573. The zero-order valence-corrected chi connectivity index (χ0v) is 14.6. The lowest BCUT2D eigenvalue weighted by Crippen LogP contribution is -2.38. The van der Waals surface area contributed by atoms with Crippen LogP contribution in [0.5, 0.6) is 0 Å². The number of aromatic nitrogens is 1. The molecule has 0 bridgehead atoms. The van der Waals surface area contributed by atoms with Crippen LogP contribution in [0.2, 0.25) is 0 Å². The molecule has 0 radical (unpaired) electrons. The smallest absolute Gasteiger partial charge is 0.239 e. The normalized spacial score (nSPS) is 18.4. The fourth-order valence-corrected chi connectivity index (χ4v) is 4.57. The third kappa shape index (κ3) is 4.65. The van der Waals surface area contributed by atoms with Crippen molar-refractivity contribution in [1.82, 2.24) is 9.71 Å². The highest BCUT2D eigenvalue weighted by molar-refractivity contribution is 7.90. The van der Waals surface area contributed by atoms with E-state index in [9.17, 15) is 13.2 Å². The van der Waals surface area contributed by atoms with Gasteiger partial charge in [0.05, 0.1) is 30.2 Å². The van der Waals surface area contributed by atoms with E-state index in [2.05, 4.69) is 9.71 Å². The van der Waals surface area contributed by atoms with Gasteiger partial charge in [-0.1, -0.05) is 0 Å². The standard InChI is InChI=1S/C15H18N2O5S2/c18-14(17-24(19,20)10-13-3-1-2-5-22-13)7-12-9-23-15(16-12)11-4-6-21-8-11/h4,6,8-9,13H,1-3,5,7,10H2,(H,17,18)/t13-/m1/s1. The third-order valence-corrected chi connectivity index (χ3v) is 5.90. The van der Waals surface area contributed by atoms with Crippen LogP contribution in [-0.2, 0) is 26.0 Å². The molecule has 3 heterocycles. The summed E-state index contributed by atoms with van der Waals surface area (Å²) in [4.78, 5) is 16.3. The van der Waals surface area contributed by atoms with Gasteiger partial charge in [-0.3, -0.25) is 9.52 Å². The Balaban J connectivity index is 1.55. The molecule has 1 atom stereocenters. The summed E-state index contributed by atoms with van der Waals surface area (Å²) in [5.74, 6) is -0.773. The average Bonchev–Trinajstić information content (AvgIpc) is 3.17. The van der Waals surface area contributed by atoms with E-state index in [0.717, 1.165) is 23.4 Å². The Morgan fingerprint density at radius 1 is 1.42 bits per heavy atom. The number of sulfonamides is 1. The van der Waals surface area contributed by atoms with Crippen LogP contribution in [0.25, 0.3) is 10.6 Å². The molecule has 1 fully saturated rings. The molecule has 24 heavy (non-hydrogen) atoms. The van der Waals surface area contributed by atoms with Crippen LogP contribution in [0.1, 0.15) is 25.0 Å². The van der Waals surface area contributed by atoms with Crippen LogP contribution in [0.4, 0.5) is 0 Å². The summed E-state index contributed by atoms with van der Waals surface area (Å²) in [7, 11) is -3.70. The molecule has 3 rings (SSSR count). The van der Waals surface area contributed by atoms with Crippen molar-refractivity contribution in [1.29, 1.82) is 0 Å². The van der Waals surface area contributed by atoms with Crippen LogP contribution < -0.4 is 4.72 Å². The predicted molar refractivity (Wildman–Crippen MR) is 89.0 cm³/mol. The Hall–Kier alpha value is -1.71. The molecule has 1 amide bonds. The number of hydrogen-bond acceptors (Lipinski definition) is 7.